The van der Waals surface area contributed by atoms with E-state index in [2.05, 4.69) is 0 Å². The third kappa shape index (κ3) is 3.20. The van der Waals surface area contributed by atoms with Crippen LogP contribution in [0.1, 0.15) is 44.1 Å². The SMILES string of the molecule is CCOC(=O)C1COc2cc(C3COC(C)(C)O3)ccc2C1O. The number of carbonyl (C=O) groups excluding carboxylic acids is 1. The summed E-state index contributed by atoms with van der Waals surface area (Å²) in [5.74, 6) is -1.16. The van der Waals surface area contributed by atoms with E-state index in [1.54, 1.807) is 13.0 Å². The monoisotopic (exact) mass is 322 g/mol. The van der Waals surface area contributed by atoms with Crippen molar-refractivity contribution in [3.05, 3.63) is 29.3 Å². The van der Waals surface area contributed by atoms with Gasteiger partial charge in [-0.1, -0.05) is 12.1 Å². The second-order valence-electron chi connectivity index (χ2n) is 6.23. The first kappa shape index (κ1) is 16.2. The number of hydrogen-bond donors (Lipinski definition) is 1. The van der Waals surface area contributed by atoms with Crippen molar-refractivity contribution in [2.24, 2.45) is 5.92 Å². The van der Waals surface area contributed by atoms with Crippen LogP contribution in [-0.2, 0) is 19.0 Å². The van der Waals surface area contributed by atoms with Crippen molar-refractivity contribution in [3.63, 3.8) is 0 Å². The number of esters is 1. The molecular weight excluding hydrogens is 300 g/mol. The number of benzene rings is 1. The largest absolute Gasteiger partial charge is 0.492 e. The lowest BCUT2D eigenvalue weighted by atomic mass is 9.92. The molecule has 0 amide bonds. The van der Waals surface area contributed by atoms with Crippen LogP contribution in [0.15, 0.2) is 18.2 Å². The molecule has 3 rings (SSSR count). The van der Waals surface area contributed by atoms with Crippen molar-refractivity contribution in [1.82, 2.24) is 0 Å². The van der Waals surface area contributed by atoms with Crippen LogP contribution in [0.5, 0.6) is 5.75 Å². The van der Waals surface area contributed by atoms with Crippen LogP contribution in [0.2, 0.25) is 0 Å². The highest BCUT2D eigenvalue weighted by atomic mass is 16.7. The third-order valence-electron chi connectivity index (χ3n) is 4.13. The summed E-state index contributed by atoms with van der Waals surface area (Å²) < 4.78 is 22.1. The zero-order valence-corrected chi connectivity index (χ0v) is 13.6. The summed E-state index contributed by atoms with van der Waals surface area (Å²) in [5.41, 5.74) is 1.52. The molecule has 1 aromatic carbocycles. The predicted octanol–water partition coefficient (Wildman–Crippen LogP) is 2.12. The van der Waals surface area contributed by atoms with E-state index in [1.807, 2.05) is 26.0 Å². The van der Waals surface area contributed by atoms with Gasteiger partial charge in [-0.3, -0.25) is 4.79 Å². The molecule has 0 bridgehead atoms. The maximum Gasteiger partial charge on any atom is 0.315 e. The molecule has 0 aromatic heterocycles. The Kier molecular flexibility index (Phi) is 4.31. The summed E-state index contributed by atoms with van der Waals surface area (Å²) >= 11 is 0. The molecule has 1 saturated heterocycles. The van der Waals surface area contributed by atoms with Gasteiger partial charge in [0.2, 0.25) is 0 Å². The molecule has 6 heteroatoms. The Labute approximate surface area is 135 Å². The summed E-state index contributed by atoms with van der Waals surface area (Å²) in [6.07, 6.45) is -1.09. The van der Waals surface area contributed by atoms with E-state index in [0.717, 1.165) is 5.56 Å². The van der Waals surface area contributed by atoms with Crippen LogP contribution < -0.4 is 4.74 Å². The Balaban J connectivity index is 1.79. The summed E-state index contributed by atoms with van der Waals surface area (Å²) in [7, 11) is 0. The van der Waals surface area contributed by atoms with Gasteiger partial charge < -0.3 is 24.1 Å². The molecule has 2 heterocycles. The third-order valence-corrected chi connectivity index (χ3v) is 4.13. The van der Waals surface area contributed by atoms with E-state index in [-0.39, 0.29) is 19.3 Å². The van der Waals surface area contributed by atoms with Crippen molar-refractivity contribution in [1.29, 1.82) is 0 Å². The number of aliphatic hydroxyl groups is 1. The zero-order valence-electron chi connectivity index (χ0n) is 13.6. The standard InChI is InChI=1S/C17H22O6/c1-4-20-16(19)12-8-21-13-7-10(5-6-11(13)15(12)18)14-9-22-17(2,3)23-14/h5-7,12,14-15,18H,4,8-9H2,1-3H3. The topological polar surface area (TPSA) is 74.2 Å². The molecule has 0 radical (unpaired) electrons. The van der Waals surface area contributed by atoms with Crippen molar-refractivity contribution in [3.8, 4) is 5.75 Å². The second kappa shape index (κ2) is 6.11. The van der Waals surface area contributed by atoms with Gasteiger partial charge in [-0.05, 0) is 32.4 Å². The number of hydrogen-bond acceptors (Lipinski definition) is 6. The molecule has 2 aliphatic rings. The van der Waals surface area contributed by atoms with E-state index in [0.29, 0.717) is 17.9 Å². The molecule has 0 saturated carbocycles. The number of rotatable bonds is 3. The maximum atomic E-state index is 11.9. The molecule has 3 atom stereocenters. The predicted molar refractivity (Wildman–Crippen MR) is 80.9 cm³/mol. The summed E-state index contributed by atoms with van der Waals surface area (Å²) in [6, 6.07) is 5.49. The summed E-state index contributed by atoms with van der Waals surface area (Å²) in [4.78, 5) is 11.9. The van der Waals surface area contributed by atoms with Gasteiger partial charge in [-0.25, -0.2) is 0 Å². The fourth-order valence-electron chi connectivity index (χ4n) is 2.91. The van der Waals surface area contributed by atoms with Crippen LogP contribution in [0.4, 0.5) is 0 Å². The van der Waals surface area contributed by atoms with Crippen LogP contribution in [0, 0.1) is 5.92 Å². The lowest BCUT2D eigenvalue weighted by molar-refractivity contribution is -0.154. The molecule has 0 spiro atoms. The van der Waals surface area contributed by atoms with E-state index in [4.69, 9.17) is 18.9 Å². The molecule has 1 N–H and O–H groups in total. The fraction of sp³-hybridized carbons (Fsp3) is 0.588. The van der Waals surface area contributed by atoms with Crippen LogP contribution in [-0.4, -0.2) is 36.7 Å². The highest BCUT2D eigenvalue weighted by Gasteiger charge is 2.38. The minimum atomic E-state index is -0.927. The average Bonchev–Trinajstić information content (AvgIpc) is 2.87. The van der Waals surface area contributed by atoms with Gasteiger partial charge in [0.25, 0.3) is 0 Å². The zero-order chi connectivity index (χ0) is 16.6. The highest BCUT2D eigenvalue weighted by Crippen LogP contribution is 2.40. The summed E-state index contributed by atoms with van der Waals surface area (Å²) in [5, 5.41) is 10.4. The van der Waals surface area contributed by atoms with E-state index in [1.165, 1.54) is 0 Å². The molecule has 0 aliphatic carbocycles. The second-order valence-corrected chi connectivity index (χ2v) is 6.23. The molecule has 23 heavy (non-hydrogen) atoms. The Bertz CT molecular complexity index is 597. The number of aliphatic hydroxyl groups excluding tert-OH is 1. The normalized spacial score (nSPS) is 28.8. The van der Waals surface area contributed by atoms with Crippen molar-refractivity contribution in [2.45, 2.75) is 38.8 Å². The highest BCUT2D eigenvalue weighted by molar-refractivity contribution is 5.74. The van der Waals surface area contributed by atoms with Gasteiger partial charge in [0.15, 0.2) is 5.79 Å². The Morgan fingerprint density at radius 3 is 2.83 bits per heavy atom. The number of fused-ring (bicyclic) bond motifs is 1. The van der Waals surface area contributed by atoms with Gasteiger partial charge in [-0.15, -0.1) is 0 Å². The van der Waals surface area contributed by atoms with Crippen LogP contribution in [0.25, 0.3) is 0 Å². The van der Waals surface area contributed by atoms with Gasteiger partial charge in [-0.2, -0.15) is 0 Å². The fourth-order valence-corrected chi connectivity index (χ4v) is 2.91. The Hall–Kier alpha value is -1.63. The smallest absolute Gasteiger partial charge is 0.315 e. The first-order valence-electron chi connectivity index (χ1n) is 7.84. The van der Waals surface area contributed by atoms with Gasteiger partial charge in [0.1, 0.15) is 24.4 Å². The molecule has 126 valence electrons. The molecule has 3 unspecified atom stereocenters. The molecule has 1 aromatic rings. The van der Waals surface area contributed by atoms with Gasteiger partial charge in [0.05, 0.1) is 19.3 Å². The molecule has 1 fully saturated rings. The van der Waals surface area contributed by atoms with Crippen molar-refractivity contribution >= 4 is 5.97 Å². The first-order valence-corrected chi connectivity index (χ1v) is 7.84. The number of carbonyl (C=O) groups is 1. The minimum Gasteiger partial charge on any atom is -0.492 e. The van der Waals surface area contributed by atoms with Gasteiger partial charge >= 0.3 is 5.97 Å². The van der Waals surface area contributed by atoms with Gasteiger partial charge in [0, 0.05) is 5.56 Å². The lowest BCUT2D eigenvalue weighted by Gasteiger charge is -2.29. The van der Waals surface area contributed by atoms with Crippen LogP contribution >= 0.6 is 0 Å². The molecule has 6 nitrogen and oxygen atoms in total. The van der Waals surface area contributed by atoms with Crippen molar-refractivity contribution in [2.75, 3.05) is 19.8 Å². The van der Waals surface area contributed by atoms with E-state index >= 15 is 0 Å². The number of ether oxygens (including phenoxy) is 4. The quantitative estimate of drug-likeness (QED) is 0.859. The first-order chi connectivity index (χ1) is 10.9. The minimum absolute atomic E-state index is 0.101. The molecule has 2 aliphatic heterocycles. The lowest BCUT2D eigenvalue weighted by Crippen LogP contribution is -2.33. The van der Waals surface area contributed by atoms with Crippen LogP contribution in [0.3, 0.4) is 0 Å². The Morgan fingerprint density at radius 2 is 2.17 bits per heavy atom. The van der Waals surface area contributed by atoms with Crippen molar-refractivity contribution < 1.29 is 28.8 Å². The molecular formula is C17H22O6. The Morgan fingerprint density at radius 1 is 1.39 bits per heavy atom. The average molecular weight is 322 g/mol. The van der Waals surface area contributed by atoms with E-state index in [9.17, 15) is 9.90 Å². The maximum absolute atomic E-state index is 11.9. The summed E-state index contributed by atoms with van der Waals surface area (Å²) in [6.45, 7) is 6.33. The van der Waals surface area contributed by atoms with E-state index < -0.39 is 23.8 Å².